The summed E-state index contributed by atoms with van der Waals surface area (Å²) in [4.78, 5) is 1.72. The Balaban J connectivity index is 2.31. The summed E-state index contributed by atoms with van der Waals surface area (Å²) in [6.07, 6.45) is 0.701. The Bertz CT molecular complexity index is 485. The highest BCUT2D eigenvalue weighted by Gasteiger charge is 2.09. The van der Waals surface area contributed by atoms with Gasteiger partial charge in [0.1, 0.15) is 5.82 Å². The van der Waals surface area contributed by atoms with Crippen molar-refractivity contribution in [3.05, 3.63) is 59.9 Å². The van der Waals surface area contributed by atoms with Crippen LogP contribution in [0.25, 0.3) is 0 Å². The molecule has 2 N–H and O–H groups in total. The maximum Gasteiger partial charge on any atom is 0.137 e. The molecule has 0 aliphatic rings. The van der Waals surface area contributed by atoms with Crippen molar-refractivity contribution in [1.29, 1.82) is 0 Å². The lowest BCUT2D eigenvalue weighted by Gasteiger charge is -2.09. The Morgan fingerprint density at radius 3 is 2.47 bits per heavy atom. The average Bonchev–Trinajstić information content (AvgIpc) is 2.35. The molecule has 2 aromatic carbocycles. The average molecular weight is 247 g/mol. The van der Waals surface area contributed by atoms with E-state index in [1.54, 1.807) is 6.07 Å². The number of benzene rings is 2. The zero-order valence-corrected chi connectivity index (χ0v) is 10.2. The van der Waals surface area contributed by atoms with Crippen molar-refractivity contribution < 1.29 is 4.39 Å². The fourth-order valence-corrected chi connectivity index (χ4v) is 2.62. The molecule has 17 heavy (non-hydrogen) atoms. The fourth-order valence-electron chi connectivity index (χ4n) is 1.63. The van der Waals surface area contributed by atoms with E-state index >= 15 is 0 Å². The first-order chi connectivity index (χ1) is 8.31. The maximum atomic E-state index is 13.8. The normalized spacial score (nSPS) is 10.5. The van der Waals surface area contributed by atoms with E-state index in [0.717, 1.165) is 10.5 Å². The molecule has 0 saturated carbocycles. The standard InChI is InChI=1S/C14H14FNS/c15-13-8-4-5-11(9-10-16)14(13)17-12-6-2-1-3-7-12/h1-8H,9-10,16H2. The number of hydrogen-bond donors (Lipinski definition) is 1. The minimum atomic E-state index is -0.176. The SMILES string of the molecule is NCCc1cccc(F)c1Sc1ccccc1. The zero-order chi connectivity index (χ0) is 12.1. The quantitative estimate of drug-likeness (QED) is 0.895. The van der Waals surface area contributed by atoms with E-state index in [0.29, 0.717) is 17.9 Å². The first-order valence-corrected chi connectivity index (χ1v) is 6.33. The zero-order valence-electron chi connectivity index (χ0n) is 9.40. The highest BCUT2D eigenvalue weighted by atomic mass is 32.2. The van der Waals surface area contributed by atoms with Gasteiger partial charge in [-0.1, -0.05) is 42.1 Å². The molecule has 0 unspecified atom stereocenters. The van der Waals surface area contributed by atoms with Crippen molar-refractivity contribution in [2.45, 2.75) is 16.2 Å². The van der Waals surface area contributed by atoms with E-state index in [-0.39, 0.29) is 5.82 Å². The second kappa shape index (κ2) is 5.84. The summed E-state index contributed by atoms with van der Waals surface area (Å²) in [5.41, 5.74) is 6.51. The molecule has 0 radical (unpaired) electrons. The van der Waals surface area contributed by atoms with Gasteiger partial charge in [0, 0.05) is 4.90 Å². The second-order valence-electron chi connectivity index (χ2n) is 3.68. The van der Waals surface area contributed by atoms with Crippen LogP contribution in [0, 0.1) is 5.82 Å². The van der Waals surface area contributed by atoms with E-state index in [2.05, 4.69) is 0 Å². The van der Waals surface area contributed by atoms with E-state index < -0.39 is 0 Å². The smallest absolute Gasteiger partial charge is 0.137 e. The van der Waals surface area contributed by atoms with E-state index in [1.165, 1.54) is 17.8 Å². The molecule has 0 atom stereocenters. The molecule has 0 heterocycles. The van der Waals surface area contributed by atoms with Crippen molar-refractivity contribution in [3.63, 3.8) is 0 Å². The lowest BCUT2D eigenvalue weighted by Crippen LogP contribution is -2.04. The predicted molar refractivity (Wildman–Crippen MR) is 69.7 cm³/mol. The third-order valence-corrected chi connectivity index (χ3v) is 3.59. The predicted octanol–water partition coefficient (Wildman–Crippen LogP) is 3.48. The summed E-state index contributed by atoms with van der Waals surface area (Å²) in [7, 11) is 0. The largest absolute Gasteiger partial charge is 0.330 e. The first kappa shape index (κ1) is 12.1. The summed E-state index contributed by atoms with van der Waals surface area (Å²) in [6.45, 7) is 0.534. The number of rotatable bonds is 4. The maximum absolute atomic E-state index is 13.8. The summed E-state index contributed by atoms with van der Waals surface area (Å²) in [5.74, 6) is -0.176. The molecule has 88 valence electrons. The van der Waals surface area contributed by atoms with E-state index in [9.17, 15) is 4.39 Å². The Morgan fingerprint density at radius 2 is 1.76 bits per heavy atom. The molecular weight excluding hydrogens is 233 g/mol. The van der Waals surface area contributed by atoms with Gasteiger partial charge in [0.2, 0.25) is 0 Å². The summed E-state index contributed by atoms with van der Waals surface area (Å²) in [6, 6.07) is 15.0. The van der Waals surface area contributed by atoms with Crippen LogP contribution in [0.1, 0.15) is 5.56 Å². The van der Waals surface area contributed by atoms with Crippen molar-refractivity contribution >= 4 is 11.8 Å². The number of nitrogens with two attached hydrogens (primary N) is 1. The highest BCUT2D eigenvalue weighted by Crippen LogP contribution is 2.32. The van der Waals surface area contributed by atoms with Gasteiger partial charge in [-0.2, -0.15) is 0 Å². The molecule has 0 bridgehead atoms. The third-order valence-electron chi connectivity index (χ3n) is 2.43. The van der Waals surface area contributed by atoms with Crippen LogP contribution in [0.4, 0.5) is 4.39 Å². The molecule has 0 aromatic heterocycles. The fraction of sp³-hybridized carbons (Fsp3) is 0.143. The number of hydrogen-bond acceptors (Lipinski definition) is 2. The van der Waals surface area contributed by atoms with Gasteiger partial charge >= 0.3 is 0 Å². The molecule has 0 amide bonds. The molecule has 0 aliphatic carbocycles. The van der Waals surface area contributed by atoms with Crippen molar-refractivity contribution in [2.24, 2.45) is 5.73 Å². The van der Waals surface area contributed by atoms with Crippen molar-refractivity contribution in [3.8, 4) is 0 Å². The van der Waals surface area contributed by atoms with Gasteiger partial charge in [-0.05, 0) is 36.7 Å². The molecule has 3 heteroatoms. The van der Waals surface area contributed by atoms with Crippen LogP contribution in [0.2, 0.25) is 0 Å². The minimum absolute atomic E-state index is 0.176. The van der Waals surface area contributed by atoms with Crippen LogP contribution in [-0.4, -0.2) is 6.54 Å². The monoisotopic (exact) mass is 247 g/mol. The van der Waals surface area contributed by atoms with Crippen LogP contribution >= 0.6 is 11.8 Å². The van der Waals surface area contributed by atoms with Crippen LogP contribution in [0.15, 0.2) is 58.3 Å². The molecule has 0 aliphatic heterocycles. The minimum Gasteiger partial charge on any atom is -0.330 e. The van der Waals surface area contributed by atoms with Gasteiger partial charge in [0.15, 0.2) is 0 Å². The van der Waals surface area contributed by atoms with Crippen molar-refractivity contribution in [2.75, 3.05) is 6.54 Å². The molecule has 0 spiro atoms. The molecule has 0 fully saturated rings. The van der Waals surface area contributed by atoms with Gasteiger partial charge < -0.3 is 5.73 Å². The van der Waals surface area contributed by atoms with Crippen LogP contribution in [0.5, 0.6) is 0 Å². The first-order valence-electron chi connectivity index (χ1n) is 5.51. The van der Waals surface area contributed by atoms with Gasteiger partial charge in [0.25, 0.3) is 0 Å². The third kappa shape index (κ3) is 3.08. The molecule has 1 nitrogen and oxygen atoms in total. The summed E-state index contributed by atoms with van der Waals surface area (Å²) in [5, 5.41) is 0. The molecule has 0 saturated heterocycles. The van der Waals surface area contributed by atoms with Crippen LogP contribution in [-0.2, 0) is 6.42 Å². The Morgan fingerprint density at radius 1 is 1.00 bits per heavy atom. The lowest BCUT2D eigenvalue weighted by molar-refractivity contribution is 0.597. The van der Waals surface area contributed by atoms with E-state index in [1.807, 2.05) is 36.4 Å². The Hall–Kier alpha value is -1.32. The van der Waals surface area contributed by atoms with Gasteiger partial charge in [-0.25, -0.2) is 4.39 Å². The second-order valence-corrected chi connectivity index (χ2v) is 4.77. The number of halogens is 1. The Kier molecular flexibility index (Phi) is 4.18. The summed E-state index contributed by atoms with van der Waals surface area (Å²) < 4.78 is 13.8. The van der Waals surface area contributed by atoms with Gasteiger partial charge in [0.05, 0.1) is 4.90 Å². The van der Waals surface area contributed by atoms with Crippen LogP contribution in [0.3, 0.4) is 0 Å². The van der Waals surface area contributed by atoms with E-state index in [4.69, 9.17) is 5.73 Å². The topological polar surface area (TPSA) is 26.0 Å². The molecular formula is C14H14FNS. The van der Waals surface area contributed by atoms with Gasteiger partial charge in [-0.15, -0.1) is 0 Å². The molecule has 2 aromatic rings. The molecule has 2 rings (SSSR count). The lowest BCUT2D eigenvalue weighted by atomic mass is 10.1. The van der Waals surface area contributed by atoms with Gasteiger partial charge in [-0.3, -0.25) is 0 Å². The van der Waals surface area contributed by atoms with Crippen molar-refractivity contribution in [1.82, 2.24) is 0 Å². The summed E-state index contributed by atoms with van der Waals surface area (Å²) >= 11 is 1.45. The highest BCUT2D eigenvalue weighted by molar-refractivity contribution is 7.99. The van der Waals surface area contributed by atoms with Crippen LogP contribution < -0.4 is 5.73 Å². The Labute approximate surface area is 105 Å².